The van der Waals surface area contributed by atoms with Crippen LogP contribution in [0.25, 0.3) is 0 Å². The number of ketones is 1. The number of halogens is 1. The lowest BCUT2D eigenvalue weighted by Gasteiger charge is -2.29. The summed E-state index contributed by atoms with van der Waals surface area (Å²) in [4.78, 5) is 27.0. The van der Waals surface area contributed by atoms with Crippen LogP contribution in [-0.4, -0.2) is 58.1 Å². The molecule has 2 aromatic carbocycles. The lowest BCUT2D eigenvalue weighted by Crippen LogP contribution is -3.28. The highest BCUT2D eigenvalue weighted by Gasteiger charge is 2.27. The van der Waals surface area contributed by atoms with Gasteiger partial charge in [-0.1, -0.05) is 24.3 Å². The summed E-state index contributed by atoms with van der Waals surface area (Å²) in [6.45, 7) is 3.96. The van der Waals surface area contributed by atoms with Crippen LogP contribution in [0.1, 0.15) is 10.4 Å². The second-order valence-electron chi connectivity index (χ2n) is 7.04. The standard InChI is InChI=1S/C21H24FN3O3/c1-28-17-6-4-5-16(13-17)20(26)14-24-9-11-25(12-10-24)15-21(27)23-19-8-3-2-7-18(19)22/h2-8,13H,9-12,14-15H2,1H3,(H,23,27)/p+2. The summed E-state index contributed by atoms with van der Waals surface area (Å²) in [7, 11) is 1.58. The molecule has 3 N–H and O–H groups in total. The first-order valence-electron chi connectivity index (χ1n) is 9.44. The van der Waals surface area contributed by atoms with Crippen LogP contribution >= 0.6 is 0 Å². The largest absolute Gasteiger partial charge is 0.497 e. The van der Waals surface area contributed by atoms with Crippen LogP contribution in [0.3, 0.4) is 0 Å². The molecule has 0 unspecified atom stereocenters. The molecule has 0 aromatic heterocycles. The van der Waals surface area contributed by atoms with Gasteiger partial charge in [-0.25, -0.2) is 4.39 Å². The van der Waals surface area contributed by atoms with Crippen molar-refractivity contribution in [3.8, 4) is 5.75 Å². The number of carbonyl (C=O) groups is 2. The van der Waals surface area contributed by atoms with Gasteiger partial charge in [-0.15, -0.1) is 0 Å². The smallest absolute Gasteiger partial charge is 0.279 e. The first-order chi connectivity index (χ1) is 13.5. The molecule has 1 fully saturated rings. The van der Waals surface area contributed by atoms with E-state index in [1.165, 1.54) is 11.0 Å². The monoisotopic (exact) mass is 387 g/mol. The topological polar surface area (TPSA) is 64.3 Å². The molecule has 1 aliphatic heterocycles. The minimum Gasteiger partial charge on any atom is -0.497 e. The molecule has 6 nitrogen and oxygen atoms in total. The highest BCUT2D eigenvalue weighted by atomic mass is 19.1. The lowest BCUT2D eigenvalue weighted by atomic mass is 10.1. The number of para-hydroxylation sites is 1. The molecule has 0 spiro atoms. The van der Waals surface area contributed by atoms with Crippen LogP contribution < -0.4 is 19.9 Å². The number of amides is 1. The summed E-state index contributed by atoms with van der Waals surface area (Å²) in [5.74, 6) is 0.137. The summed E-state index contributed by atoms with van der Waals surface area (Å²) in [5, 5.41) is 2.63. The van der Waals surface area contributed by atoms with Crippen molar-refractivity contribution in [2.24, 2.45) is 0 Å². The SMILES string of the molecule is COc1cccc(C(=O)C[NH+]2CC[NH+](CC(=O)Nc3ccccc3F)CC2)c1. The van der Waals surface area contributed by atoms with Crippen molar-refractivity contribution in [1.29, 1.82) is 0 Å². The molecular weight excluding hydrogens is 361 g/mol. The number of hydrogen-bond acceptors (Lipinski definition) is 3. The van der Waals surface area contributed by atoms with Crippen LogP contribution in [0, 0.1) is 5.82 Å². The van der Waals surface area contributed by atoms with Crippen molar-refractivity contribution in [3.05, 3.63) is 59.9 Å². The van der Waals surface area contributed by atoms with Gasteiger partial charge in [0, 0.05) is 5.56 Å². The highest BCUT2D eigenvalue weighted by molar-refractivity contribution is 5.97. The van der Waals surface area contributed by atoms with E-state index in [1.807, 2.05) is 12.1 Å². The van der Waals surface area contributed by atoms with E-state index in [4.69, 9.17) is 4.74 Å². The molecule has 1 saturated heterocycles. The fourth-order valence-corrected chi connectivity index (χ4v) is 3.42. The molecule has 1 aliphatic rings. The predicted octanol–water partition coefficient (Wildman–Crippen LogP) is -0.561. The quantitative estimate of drug-likeness (QED) is 0.558. The molecule has 0 radical (unpaired) electrons. The van der Waals surface area contributed by atoms with Crippen molar-refractivity contribution in [1.82, 2.24) is 0 Å². The Morgan fingerprint density at radius 1 is 1.00 bits per heavy atom. The van der Waals surface area contributed by atoms with E-state index in [0.717, 1.165) is 31.1 Å². The molecule has 28 heavy (non-hydrogen) atoms. The zero-order valence-corrected chi connectivity index (χ0v) is 16.0. The first kappa shape index (κ1) is 20.0. The number of anilines is 1. The van der Waals surface area contributed by atoms with Crippen molar-refractivity contribution in [3.63, 3.8) is 0 Å². The Hall–Kier alpha value is -2.77. The van der Waals surface area contributed by atoms with Crippen molar-refractivity contribution in [2.45, 2.75) is 0 Å². The third-order valence-corrected chi connectivity index (χ3v) is 5.02. The molecule has 7 heteroatoms. The van der Waals surface area contributed by atoms with Gasteiger partial charge in [0.15, 0.2) is 6.54 Å². The Labute approximate surface area is 163 Å². The van der Waals surface area contributed by atoms with Gasteiger partial charge in [0.1, 0.15) is 44.3 Å². The van der Waals surface area contributed by atoms with E-state index in [-0.39, 0.29) is 17.4 Å². The molecule has 1 heterocycles. The van der Waals surface area contributed by atoms with Crippen LogP contribution in [0.4, 0.5) is 10.1 Å². The Kier molecular flexibility index (Phi) is 6.73. The number of nitrogens with one attached hydrogen (secondary N) is 3. The van der Waals surface area contributed by atoms with E-state index in [1.54, 1.807) is 37.4 Å². The van der Waals surface area contributed by atoms with Gasteiger partial charge in [0.05, 0.1) is 12.8 Å². The Balaban J connectivity index is 1.44. The Morgan fingerprint density at radius 3 is 2.36 bits per heavy atom. The van der Waals surface area contributed by atoms with Crippen LogP contribution in [-0.2, 0) is 4.79 Å². The zero-order valence-electron chi connectivity index (χ0n) is 16.0. The van der Waals surface area contributed by atoms with E-state index in [9.17, 15) is 14.0 Å². The van der Waals surface area contributed by atoms with Gasteiger partial charge in [-0.05, 0) is 24.3 Å². The fourth-order valence-electron chi connectivity index (χ4n) is 3.42. The number of methoxy groups -OCH3 is 1. The number of ether oxygens (including phenoxy) is 1. The molecular formula is C21H26FN3O3+2. The summed E-state index contributed by atoms with van der Waals surface area (Å²) in [6.07, 6.45) is 0. The van der Waals surface area contributed by atoms with Crippen LogP contribution in [0.2, 0.25) is 0 Å². The van der Waals surface area contributed by atoms with Crippen molar-refractivity contribution in [2.75, 3.05) is 51.7 Å². The number of hydrogen-bond donors (Lipinski definition) is 3. The number of Topliss-reactive ketones (excluding diaryl/α,β-unsaturated/α-hetero) is 1. The average molecular weight is 387 g/mol. The fraction of sp³-hybridized carbons (Fsp3) is 0.333. The Morgan fingerprint density at radius 2 is 1.68 bits per heavy atom. The highest BCUT2D eigenvalue weighted by Crippen LogP contribution is 2.12. The molecule has 0 saturated carbocycles. The number of carbonyl (C=O) groups excluding carboxylic acids is 2. The van der Waals surface area contributed by atoms with E-state index < -0.39 is 5.82 Å². The molecule has 148 valence electrons. The number of piperazine rings is 1. The molecule has 3 rings (SSSR count). The van der Waals surface area contributed by atoms with E-state index >= 15 is 0 Å². The second kappa shape index (κ2) is 9.43. The second-order valence-corrected chi connectivity index (χ2v) is 7.04. The van der Waals surface area contributed by atoms with E-state index in [2.05, 4.69) is 5.32 Å². The maximum atomic E-state index is 13.6. The van der Waals surface area contributed by atoms with Gasteiger partial charge < -0.3 is 19.9 Å². The molecule has 1 amide bonds. The van der Waals surface area contributed by atoms with Crippen molar-refractivity contribution < 1.29 is 28.5 Å². The minimum absolute atomic E-state index is 0.0923. The maximum Gasteiger partial charge on any atom is 0.279 e. The van der Waals surface area contributed by atoms with E-state index in [0.29, 0.717) is 24.4 Å². The third-order valence-electron chi connectivity index (χ3n) is 5.02. The summed E-state index contributed by atoms with van der Waals surface area (Å²) >= 11 is 0. The summed E-state index contributed by atoms with van der Waals surface area (Å²) in [6, 6.07) is 13.3. The first-order valence-corrected chi connectivity index (χ1v) is 9.44. The van der Waals surface area contributed by atoms with Gasteiger partial charge in [-0.3, -0.25) is 9.59 Å². The molecule has 0 bridgehead atoms. The van der Waals surface area contributed by atoms with Crippen LogP contribution in [0.15, 0.2) is 48.5 Å². The van der Waals surface area contributed by atoms with Gasteiger partial charge in [-0.2, -0.15) is 0 Å². The minimum atomic E-state index is -0.434. The maximum absolute atomic E-state index is 13.6. The normalized spacial score (nSPS) is 19.1. The number of rotatable bonds is 7. The number of benzene rings is 2. The summed E-state index contributed by atoms with van der Waals surface area (Å²) in [5.41, 5.74) is 0.867. The molecule has 2 aromatic rings. The zero-order chi connectivity index (χ0) is 19.9. The number of quaternary nitrogens is 2. The molecule has 0 aliphatic carbocycles. The van der Waals surface area contributed by atoms with Crippen molar-refractivity contribution >= 4 is 17.4 Å². The van der Waals surface area contributed by atoms with Gasteiger partial charge in [0.2, 0.25) is 5.78 Å². The third kappa shape index (κ3) is 5.37. The predicted molar refractivity (Wildman–Crippen MR) is 103 cm³/mol. The lowest BCUT2D eigenvalue weighted by molar-refractivity contribution is -1.00. The Bertz CT molecular complexity index is 835. The van der Waals surface area contributed by atoms with Crippen LogP contribution in [0.5, 0.6) is 5.75 Å². The van der Waals surface area contributed by atoms with Gasteiger partial charge in [0.25, 0.3) is 5.91 Å². The molecule has 0 atom stereocenters. The average Bonchev–Trinajstić information content (AvgIpc) is 2.71. The van der Waals surface area contributed by atoms with Gasteiger partial charge >= 0.3 is 0 Å². The summed E-state index contributed by atoms with van der Waals surface area (Å²) < 4.78 is 18.8.